The van der Waals surface area contributed by atoms with Crippen LogP contribution in [-0.2, 0) is 13.1 Å². The van der Waals surface area contributed by atoms with Crippen molar-refractivity contribution in [2.75, 3.05) is 0 Å². The third-order valence-electron chi connectivity index (χ3n) is 4.81. The van der Waals surface area contributed by atoms with Gasteiger partial charge in [0.1, 0.15) is 11.0 Å². The van der Waals surface area contributed by atoms with Crippen molar-refractivity contribution in [2.24, 2.45) is 0 Å². The van der Waals surface area contributed by atoms with Gasteiger partial charge >= 0.3 is 0 Å². The highest BCUT2D eigenvalue weighted by molar-refractivity contribution is 6.16. The van der Waals surface area contributed by atoms with Gasteiger partial charge in [-0.25, -0.2) is 0 Å². The summed E-state index contributed by atoms with van der Waals surface area (Å²) in [6, 6.07) is 8.49. The zero-order valence-electron chi connectivity index (χ0n) is 12.3. The van der Waals surface area contributed by atoms with Gasteiger partial charge in [-0.05, 0) is 24.6 Å². The van der Waals surface area contributed by atoms with Gasteiger partial charge < -0.3 is 13.6 Å². The molecule has 1 aliphatic rings. The van der Waals surface area contributed by atoms with Gasteiger partial charge in [-0.3, -0.25) is 0 Å². The van der Waals surface area contributed by atoms with E-state index in [0.29, 0.717) is 0 Å². The van der Waals surface area contributed by atoms with Crippen LogP contribution in [0.25, 0.3) is 45.3 Å². The van der Waals surface area contributed by atoms with Crippen LogP contribution >= 0.6 is 0 Å². The second-order valence-electron chi connectivity index (χ2n) is 5.84. The molecule has 0 unspecified atom stereocenters. The van der Waals surface area contributed by atoms with E-state index in [1.54, 1.807) is 0 Å². The molecule has 4 aromatic rings. The summed E-state index contributed by atoms with van der Waals surface area (Å²) in [5.41, 5.74) is 7.76. The summed E-state index contributed by atoms with van der Waals surface area (Å²) < 4.78 is 11.1. The minimum absolute atomic E-state index is 0.941. The molecule has 0 atom stereocenters. The van der Waals surface area contributed by atoms with Crippen LogP contribution in [0.4, 0.5) is 0 Å². The van der Waals surface area contributed by atoms with Crippen molar-refractivity contribution < 1.29 is 4.42 Å². The quantitative estimate of drug-likeness (QED) is 0.507. The van der Waals surface area contributed by atoms with E-state index in [-0.39, 0.29) is 0 Å². The lowest BCUT2D eigenvalue weighted by atomic mass is 10.2. The Kier molecular flexibility index (Phi) is 2.14. The zero-order chi connectivity index (χ0) is 14.8. The number of rotatable bonds is 2. The summed E-state index contributed by atoms with van der Waals surface area (Å²) in [6.07, 6.45) is 4.90. The van der Waals surface area contributed by atoms with Gasteiger partial charge in [0.25, 0.3) is 0 Å². The average molecular weight is 288 g/mol. The molecule has 22 heavy (non-hydrogen) atoms. The molecule has 0 saturated heterocycles. The molecule has 3 heteroatoms. The SMILES string of the molecule is C=Cc1c(C=C)n2c3c1oc1c4ccccc4n(c13)CCC2. The lowest BCUT2D eigenvalue weighted by Crippen LogP contribution is -2.01. The third-order valence-corrected chi connectivity index (χ3v) is 4.81. The number of aromatic nitrogens is 2. The lowest BCUT2D eigenvalue weighted by molar-refractivity contribution is 0.603. The highest BCUT2D eigenvalue weighted by atomic mass is 16.3. The Bertz CT molecular complexity index is 1090. The summed E-state index contributed by atoms with van der Waals surface area (Å²) in [5.74, 6) is 0. The largest absolute Gasteiger partial charge is 0.451 e. The second kappa shape index (κ2) is 3.95. The fourth-order valence-corrected chi connectivity index (χ4v) is 3.95. The van der Waals surface area contributed by atoms with Crippen molar-refractivity contribution in [2.45, 2.75) is 19.5 Å². The number of aryl methyl sites for hydroxylation is 2. The Morgan fingerprint density at radius 2 is 1.73 bits per heavy atom. The Morgan fingerprint density at radius 1 is 0.955 bits per heavy atom. The summed E-state index contributed by atoms with van der Waals surface area (Å²) in [4.78, 5) is 0. The fourth-order valence-electron chi connectivity index (χ4n) is 3.95. The van der Waals surface area contributed by atoms with Crippen LogP contribution in [0.1, 0.15) is 17.7 Å². The number of nitrogens with zero attached hydrogens (tertiary/aromatic N) is 2. The molecule has 108 valence electrons. The Morgan fingerprint density at radius 3 is 2.55 bits per heavy atom. The number of benzene rings is 1. The second-order valence-corrected chi connectivity index (χ2v) is 5.84. The monoisotopic (exact) mass is 288 g/mol. The maximum atomic E-state index is 6.31. The third kappa shape index (κ3) is 1.19. The Balaban J connectivity index is 2.13. The molecule has 0 aliphatic carbocycles. The van der Waals surface area contributed by atoms with Crippen molar-refractivity contribution >= 4 is 45.3 Å². The molecule has 1 aliphatic heterocycles. The predicted molar refractivity (Wildman–Crippen MR) is 92.0 cm³/mol. The fraction of sp³-hybridized carbons (Fsp3) is 0.158. The topological polar surface area (TPSA) is 23.0 Å². The maximum Gasteiger partial charge on any atom is 0.162 e. The minimum Gasteiger partial charge on any atom is -0.451 e. The summed E-state index contributed by atoms with van der Waals surface area (Å²) in [6.45, 7) is 9.94. The van der Waals surface area contributed by atoms with Gasteiger partial charge in [-0.2, -0.15) is 0 Å². The molecule has 0 amide bonds. The molecule has 0 saturated carbocycles. The van der Waals surface area contributed by atoms with Gasteiger partial charge in [-0.1, -0.05) is 31.4 Å². The van der Waals surface area contributed by atoms with E-state index in [2.05, 4.69) is 46.6 Å². The van der Waals surface area contributed by atoms with Crippen molar-refractivity contribution in [1.82, 2.24) is 9.13 Å². The van der Waals surface area contributed by atoms with Crippen molar-refractivity contribution in [3.05, 3.63) is 48.7 Å². The molecule has 0 fully saturated rings. The summed E-state index contributed by atoms with van der Waals surface area (Å²) in [7, 11) is 0. The summed E-state index contributed by atoms with van der Waals surface area (Å²) in [5, 5.41) is 1.19. The smallest absolute Gasteiger partial charge is 0.162 e. The normalized spacial score (nSPS) is 14.2. The van der Waals surface area contributed by atoms with Crippen LogP contribution < -0.4 is 0 Å². The molecule has 3 aromatic heterocycles. The van der Waals surface area contributed by atoms with Gasteiger partial charge in [0.05, 0.1) is 11.2 Å². The first-order valence-electron chi connectivity index (χ1n) is 7.66. The van der Waals surface area contributed by atoms with Crippen molar-refractivity contribution in [3.8, 4) is 0 Å². The molecular formula is C19H16N2O. The summed E-state index contributed by atoms with van der Waals surface area (Å²) >= 11 is 0. The van der Waals surface area contributed by atoms with Crippen LogP contribution in [-0.4, -0.2) is 9.13 Å². The van der Waals surface area contributed by atoms with E-state index in [1.165, 1.54) is 21.9 Å². The van der Waals surface area contributed by atoms with E-state index in [1.807, 2.05) is 12.2 Å². The Labute approximate surface area is 127 Å². The highest BCUT2D eigenvalue weighted by Gasteiger charge is 2.26. The number of hydrogen-bond acceptors (Lipinski definition) is 1. The van der Waals surface area contributed by atoms with Crippen LogP contribution in [0.15, 0.2) is 41.8 Å². The van der Waals surface area contributed by atoms with Crippen LogP contribution in [0.2, 0.25) is 0 Å². The minimum atomic E-state index is 0.941. The standard InChI is InChI=1S/C19H16N2O/c1-3-12-14(4-2)20-10-7-11-21-15-9-6-5-8-13(15)19-17(21)16(20)18(12)22-19/h3-6,8-9H,1-2,7,10-11H2. The number of hydrogen-bond donors (Lipinski definition) is 0. The molecule has 0 spiro atoms. The van der Waals surface area contributed by atoms with Gasteiger partial charge in [0.15, 0.2) is 11.2 Å². The molecule has 4 heterocycles. The first-order valence-corrected chi connectivity index (χ1v) is 7.66. The first kappa shape index (κ1) is 11.9. The van der Waals surface area contributed by atoms with Crippen molar-refractivity contribution in [3.63, 3.8) is 0 Å². The first-order chi connectivity index (χ1) is 10.8. The highest BCUT2D eigenvalue weighted by Crippen LogP contribution is 2.42. The van der Waals surface area contributed by atoms with Crippen LogP contribution in [0, 0.1) is 0 Å². The van der Waals surface area contributed by atoms with E-state index in [4.69, 9.17) is 4.42 Å². The number of fused-ring (bicyclic) bond motifs is 3. The van der Waals surface area contributed by atoms with E-state index >= 15 is 0 Å². The molecule has 3 nitrogen and oxygen atoms in total. The molecule has 0 N–H and O–H groups in total. The molecular weight excluding hydrogens is 272 g/mol. The molecule has 0 bridgehead atoms. The van der Waals surface area contributed by atoms with Gasteiger partial charge in [0.2, 0.25) is 0 Å². The van der Waals surface area contributed by atoms with E-state index < -0.39 is 0 Å². The van der Waals surface area contributed by atoms with Crippen molar-refractivity contribution in [1.29, 1.82) is 0 Å². The maximum absolute atomic E-state index is 6.31. The Hall–Kier alpha value is -2.68. The van der Waals surface area contributed by atoms with Gasteiger partial charge in [-0.15, -0.1) is 0 Å². The van der Waals surface area contributed by atoms with Crippen LogP contribution in [0.5, 0.6) is 0 Å². The van der Waals surface area contributed by atoms with E-state index in [0.717, 1.165) is 41.9 Å². The molecule has 0 radical (unpaired) electrons. The number of furan rings is 1. The molecule has 1 aromatic carbocycles. The average Bonchev–Trinajstić information content (AvgIpc) is 3.09. The predicted octanol–water partition coefficient (Wildman–Crippen LogP) is 5.03. The van der Waals surface area contributed by atoms with Crippen LogP contribution in [0.3, 0.4) is 0 Å². The zero-order valence-corrected chi connectivity index (χ0v) is 12.3. The number of para-hydroxylation sites is 1. The lowest BCUT2D eigenvalue weighted by Gasteiger charge is -2.05. The van der Waals surface area contributed by atoms with E-state index in [9.17, 15) is 0 Å². The van der Waals surface area contributed by atoms with Gasteiger partial charge in [0, 0.05) is 24.0 Å². The molecule has 5 rings (SSSR count).